The first-order valence-electron chi connectivity index (χ1n) is 13.7. The molecule has 2 heterocycles. The Hall–Kier alpha value is -4.76. The second-order valence-electron chi connectivity index (χ2n) is 10.3. The van der Waals surface area contributed by atoms with E-state index in [4.69, 9.17) is 5.73 Å². The number of nitrogens with two attached hydrogens (primary N) is 1. The number of phenolic OH excluding ortho intramolecular Hbond substituents is 1. The van der Waals surface area contributed by atoms with Gasteiger partial charge in [0.15, 0.2) is 0 Å². The van der Waals surface area contributed by atoms with Crippen molar-refractivity contribution >= 4 is 34.3 Å². The molecule has 1 aromatic heterocycles. The molecule has 5 N–H and O–H groups in total. The van der Waals surface area contributed by atoms with Gasteiger partial charge in [-0.25, -0.2) is 0 Å². The molecule has 3 aromatic carbocycles. The molecule has 1 aliphatic heterocycles. The number of nitrogens with zero attached hydrogens (tertiary/aromatic N) is 2. The first kappa shape index (κ1) is 27.8. The minimum Gasteiger partial charge on any atom is -0.508 e. The van der Waals surface area contributed by atoms with E-state index in [-0.39, 0.29) is 36.3 Å². The van der Waals surface area contributed by atoms with Gasteiger partial charge in [0.2, 0.25) is 17.7 Å². The Kier molecular flexibility index (Phi) is 8.55. The Bertz CT molecular complexity index is 1520. The number of rotatable bonds is 9. The van der Waals surface area contributed by atoms with Crippen molar-refractivity contribution in [2.75, 3.05) is 11.9 Å². The van der Waals surface area contributed by atoms with Crippen LogP contribution in [-0.4, -0.2) is 57.4 Å². The van der Waals surface area contributed by atoms with Gasteiger partial charge in [0, 0.05) is 24.5 Å². The molecule has 1 aliphatic rings. The zero-order chi connectivity index (χ0) is 28.8. The lowest BCUT2D eigenvalue weighted by Crippen LogP contribution is -2.55. The van der Waals surface area contributed by atoms with Crippen LogP contribution in [0, 0.1) is 0 Å². The van der Waals surface area contributed by atoms with E-state index < -0.39 is 18.1 Å². The zero-order valence-corrected chi connectivity index (χ0v) is 22.6. The number of nitrogens with one attached hydrogen (secondary N) is 2. The Morgan fingerprint density at radius 2 is 1.66 bits per heavy atom. The Morgan fingerprint density at radius 3 is 2.44 bits per heavy atom. The highest BCUT2D eigenvalue weighted by molar-refractivity contribution is 6.04. The molecule has 0 unspecified atom stereocenters. The predicted molar refractivity (Wildman–Crippen MR) is 157 cm³/mol. The van der Waals surface area contributed by atoms with Crippen LogP contribution in [0.25, 0.3) is 10.9 Å². The van der Waals surface area contributed by atoms with E-state index in [0.29, 0.717) is 30.6 Å². The molecule has 9 nitrogen and oxygen atoms in total. The average molecular weight is 552 g/mol. The minimum atomic E-state index is -0.882. The number of aromatic hydroxyl groups is 1. The smallest absolute Gasteiger partial charge is 0.247 e. The molecular weight excluding hydrogens is 518 g/mol. The van der Waals surface area contributed by atoms with Crippen molar-refractivity contribution in [3.8, 4) is 5.75 Å². The number of pyridine rings is 1. The number of benzene rings is 3. The summed E-state index contributed by atoms with van der Waals surface area (Å²) in [6, 6.07) is 22.8. The van der Waals surface area contributed by atoms with Crippen LogP contribution in [-0.2, 0) is 27.2 Å². The summed E-state index contributed by atoms with van der Waals surface area (Å²) in [5.41, 5.74) is 9.17. The van der Waals surface area contributed by atoms with Crippen molar-refractivity contribution in [1.82, 2.24) is 15.2 Å². The SMILES string of the molecule is N[C@@H](Cc1ccc(O)cc1)C(=O)N1CCC[C@H]1C(=O)N[C@@H](Cc1ccccc1)C(=O)Nc1cccc2cccnc12. The van der Waals surface area contributed by atoms with Gasteiger partial charge in [0.05, 0.1) is 17.2 Å². The quantitative estimate of drug-likeness (QED) is 0.252. The van der Waals surface area contributed by atoms with E-state index in [1.54, 1.807) is 36.5 Å². The van der Waals surface area contributed by atoms with Gasteiger partial charge in [-0.05, 0) is 54.7 Å². The molecule has 41 heavy (non-hydrogen) atoms. The van der Waals surface area contributed by atoms with Crippen LogP contribution in [0.15, 0.2) is 91.1 Å². The molecule has 0 radical (unpaired) electrons. The average Bonchev–Trinajstić information content (AvgIpc) is 3.48. The summed E-state index contributed by atoms with van der Waals surface area (Å²) in [6.45, 7) is 0.414. The second-order valence-corrected chi connectivity index (χ2v) is 10.3. The number of carbonyl (C=O) groups is 3. The van der Waals surface area contributed by atoms with Gasteiger partial charge in [-0.3, -0.25) is 19.4 Å². The summed E-state index contributed by atoms with van der Waals surface area (Å²) in [6.07, 6.45) is 3.36. The molecular formula is C32H33N5O4. The summed E-state index contributed by atoms with van der Waals surface area (Å²) >= 11 is 0. The third-order valence-corrected chi connectivity index (χ3v) is 7.35. The molecule has 3 atom stereocenters. The van der Waals surface area contributed by atoms with Crippen LogP contribution < -0.4 is 16.4 Å². The normalized spacial score (nSPS) is 16.2. The number of para-hydroxylation sites is 1. The second kappa shape index (κ2) is 12.6. The fourth-order valence-electron chi connectivity index (χ4n) is 5.24. The van der Waals surface area contributed by atoms with Gasteiger partial charge < -0.3 is 26.4 Å². The van der Waals surface area contributed by atoms with Gasteiger partial charge in [-0.15, -0.1) is 0 Å². The number of hydrogen-bond donors (Lipinski definition) is 4. The van der Waals surface area contributed by atoms with E-state index in [1.165, 1.54) is 4.90 Å². The Balaban J connectivity index is 1.31. The summed E-state index contributed by atoms with van der Waals surface area (Å²) in [7, 11) is 0. The van der Waals surface area contributed by atoms with Crippen molar-refractivity contribution in [3.05, 3.63) is 102 Å². The maximum Gasteiger partial charge on any atom is 0.247 e. The van der Waals surface area contributed by atoms with Crippen LogP contribution in [0.5, 0.6) is 5.75 Å². The highest BCUT2D eigenvalue weighted by Gasteiger charge is 2.37. The largest absolute Gasteiger partial charge is 0.508 e. The fourth-order valence-corrected chi connectivity index (χ4v) is 5.24. The number of fused-ring (bicyclic) bond motifs is 1. The topological polar surface area (TPSA) is 138 Å². The molecule has 0 aliphatic carbocycles. The van der Waals surface area contributed by atoms with E-state index >= 15 is 0 Å². The van der Waals surface area contributed by atoms with E-state index in [9.17, 15) is 19.5 Å². The molecule has 3 amide bonds. The van der Waals surface area contributed by atoms with Crippen LogP contribution in [0.2, 0.25) is 0 Å². The van der Waals surface area contributed by atoms with Crippen LogP contribution in [0.3, 0.4) is 0 Å². The summed E-state index contributed by atoms with van der Waals surface area (Å²) < 4.78 is 0. The first-order chi connectivity index (χ1) is 19.9. The van der Waals surface area contributed by atoms with Gasteiger partial charge >= 0.3 is 0 Å². The first-order valence-corrected chi connectivity index (χ1v) is 13.7. The van der Waals surface area contributed by atoms with Crippen molar-refractivity contribution in [2.24, 2.45) is 5.73 Å². The van der Waals surface area contributed by atoms with Crippen molar-refractivity contribution in [2.45, 2.75) is 43.8 Å². The predicted octanol–water partition coefficient (Wildman–Crippen LogP) is 3.17. The summed E-state index contributed by atoms with van der Waals surface area (Å²) in [4.78, 5) is 46.4. The van der Waals surface area contributed by atoms with E-state index in [0.717, 1.165) is 16.5 Å². The standard InChI is InChI=1S/C32H33N5O4/c33-25(19-22-13-15-24(38)16-14-22)32(41)37-18-6-12-28(37)31(40)36-27(20-21-7-2-1-3-8-21)30(39)35-26-11-4-9-23-10-5-17-34-29(23)26/h1-5,7-11,13-17,25,27-28,38H,6,12,18-20,33H2,(H,35,39)(H,36,40)/t25-,27-,28-/m0/s1. The summed E-state index contributed by atoms with van der Waals surface area (Å²) in [5.74, 6) is -0.947. The number of amides is 3. The van der Waals surface area contributed by atoms with Crippen molar-refractivity contribution < 1.29 is 19.5 Å². The van der Waals surface area contributed by atoms with Crippen molar-refractivity contribution in [3.63, 3.8) is 0 Å². The third-order valence-electron chi connectivity index (χ3n) is 7.35. The van der Waals surface area contributed by atoms with Gasteiger partial charge in [-0.2, -0.15) is 0 Å². The molecule has 1 fully saturated rings. The lowest BCUT2D eigenvalue weighted by molar-refractivity contribution is -0.140. The number of hydrogen-bond acceptors (Lipinski definition) is 6. The third kappa shape index (κ3) is 6.70. The number of phenols is 1. The monoisotopic (exact) mass is 551 g/mol. The van der Waals surface area contributed by atoms with E-state index in [1.807, 2.05) is 54.6 Å². The lowest BCUT2D eigenvalue weighted by Gasteiger charge is -2.28. The molecule has 0 spiro atoms. The molecule has 210 valence electrons. The highest BCUT2D eigenvalue weighted by atomic mass is 16.3. The number of carbonyl (C=O) groups excluding carboxylic acids is 3. The molecule has 5 rings (SSSR count). The van der Waals surface area contributed by atoms with Crippen LogP contribution in [0.1, 0.15) is 24.0 Å². The highest BCUT2D eigenvalue weighted by Crippen LogP contribution is 2.23. The molecule has 0 bridgehead atoms. The molecule has 0 saturated carbocycles. The minimum absolute atomic E-state index is 0.135. The lowest BCUT2D eigenvalue weighted by atomic mass is 10.0. The van der Waals surface area contributed by atoms with Gasteiger partial charge in [-0.1, -0.05) is 60.7 Å². The van der Waals surface area contributed by atoms with Gasteiger partial charge in [0.25, 0.3) is 0 Å². The number of aromatic nitrogens is 1. The fraction of sp³-hybridized carbons (Fsp3) is 0.250. The Labute approximate surface area is 238 Å². The van der Waals surface area contributed by atoms with Crippen LogP contribution >= 0.6 is 0 Å². The summed E-state index contributed by atoms with van der Waals surface area (Å²) in [5, 5.41) is 16.3. The number of anilines is 1. The number of likely N-dealkylation sites (tertiary alicyclic amines) is 1. The molecule has 1 saturated heterocycles. The molecule has 4 aromatic rings. The zero-order valence-electron chi connectivity index (χ0n) is 22.6. The maximum atomic E-state index is 13.6. The maximum absolute atomic E-state index is 13.6. The van der Waals surface area contributed by atoms with Crippen LogP contribution in [0.4, 0.5) is 5.69 Å². The van der Waals surface area contributed by atoms with Crippen molar-refractivity contribution in [1.29, 1.82) is 0 Å². The van der Waals surface area contributed by atoms with E-state index in [2.05, 4.69) is 15.6 Å². The molecule has 9 heteroatoms. The van der Waals surface area contributed by atoms with Gasteiger partial charge in [0.1, 0.15) is 17.8 Å². The Morgan fingerprint density at radius 1 is 0.927 bits per heavy atom.